The molecule has 6 nitrogen and oxygen atoms in total. The first-order valence-electron chi connectivity index (χ1n) is 11.5. The van der Waals surface area contributed by atoms with Crippen molar-refractivity contribution in [2.24, 2.45) is 29.1 Å². The number of hydrogen-bond donors (Lipinski definition) is 1. The Morgan fingerprint density at radius 3 is 3.03 bits per heavy atom. The Morgan fingerprint density at radius 2 is 2.15 bits per heavy atom. The molecular weight excluding hydrogens is 419 g/mol. The van der Waals surface area contributed by atoms with Crippen molar-refractivity contribution in [3.8, 4) is 5.75 Å². The Kier molecular flexibility index (Phi) is 3.76. The van der Waals surface area contributed by atoms with Crippen LogP contribution in [0.3, 0.4) is 0 Å². The number of carbonyl (C=O) groups excluding carboxylic acids is 1. The van der Waals surface area contributed by atoms with E-state index in [1.165, 1.54) is 18.6 Å². The van der Waals surface area contributed by atoms with Gasteiger partial charge in [-0.1, -0.05) is 13.0 Å². The van der Waals surface area contributed by atoms with E-state index in [1.807, 2.05) is 43.5 Å². The Hall–Kier alpha value is -3.48. The molecule has 6 atom stereocenters. The van der Waals surface area contributed by atoms with Crippen molar-refractivity contribution < 1.29 is 13.9 Å². The second kappa shape index (κ2) is 6.53. The number of halogens is 1. The predicted octanol–water partition coefficient (Wildman–Crippen LogP) is 4.70. The summed E-state index contributed by atoms with van der Waals surface area (Å²) in [5, 5.41) is 8.16. The molecule has 1 N–H and O–H groups in total. The van der Waals surface area contributed by atoms with Crippen molar-refractivity contribution in [2.45, 2.75) is 25.9 Å². The van der Waals surface area contributed by atoms with Crippen LogP contribution in [-0.2, 0) is 4.79 Å². The Balaban J connectivity index is 1.10. The van der Waals surface area contributed by atoms with E-state index in [0.29, 0.717) is 34.7 Å². The molecule has 7 heteroatoms. The number of carbonyl (C=O) groups is 1. The van der Waals surface area contributed by atoms with E-state index in [0.717, 1.165) is 17.5 Å². The third kappa shape index (κ3) is 2.68. The molecule has 3 aromatic heterocycles. The highest BCUT2D eigenvalue weighted by Crippen LogP contribution is 2.84. The average Bonchev–Trinajstić information content (AvgIpc) is 3.12. The summed E-state index contributed by atoms with van der Waals surface area (Å²) in [5.74, 6) is 2.13. The van der Waals surface area contributed by atoms with Gasteiger partial charge in [-0.05, 0) is 66.5 Å². The van der Waals surface area contributed by atoms with Crippen LogP contribution >= 0.6 is 0 Å². The van der Waals surface area contributed by atoms with Gasteiger partial charge in [0.2, 0.25) is 5.91 Å². The first-order valence-corrected chi connectivity index (χ1v) is 11.5. The maximum absolute atomic E-state index is 13.9. The molecule has 4 aromatic rings. The molecule has 0 saturated heterocycles. The lowest BCUT2D eigenvalue weighted by Gasteiger charge is -2.39. The lowest BCUT2D eigenvalue weighted by Crippen LogP contribution is -2.43. The summed E-state index contributed by atoms with van der Waals surface area (Å²) in [6.45, 7) is 2.03. The van der Waals surface area contributed by atoms with E-state index >= 15 is 0 Å². The molecule has 1 spiro atoms. The molecule has 1 aromatic carbocycles. The van der Waals surface area contributed by atoms with E-state index in [9.17, 15) is 9.18 Å². The lowest BCUT2D eigenvalue weighted by atomic mass is 9.65. The number of fused-ring (bicyclic) bond motifs is 3. The Morgan fingerprint density at radius 1 is 1.24 bits per heavy atom. The van der Waals surface area contributed by atoms with Crippen LogP contribution in [0.25, 0.3) is 16.4 Å². The van der Waals surface area contributed by atoms with E-state index in [-0.39, 0.29) is 29.2 Å². The normalized spacial score (nSPS) is 30.0. The highest BCUT2D eigenvalue weighted by atomic mass is 19.1. The number of aromatic nitrogens is 3. The predicted molar refractivity (Wildman–Crippen MR) is 121 cm³/mol. The second-order valence-corrected chi connectivity index (χ2v) is 9.86. The molecule has 166 valence electrons. The number of rotatable bonds is 5. The van der Waals surface area contributed by atoms with Crippen LogP contribution in [0.5, 0.6) is 5.75 Å². The van der Waals surface area contributed by atoms with Crippen molar-refractivity contribution in [1.29, 1.82) is 0 Å². The van der Waals surface area contributed by atoms with Crippen LogP contribution in [0.1, 0.15) is 19.8 Å². The minimum absolute atomic E-state index is 0.00946. The summed E-state index contributed by atoms with van der Waals surface area (Å²) >= 11 is 0. The SMILES string of the molecule is CC(C(=O)Nc1cc2ccccn2n1)[C@@H]1C2[C@H](Oc3ccnc4ccc(F)cc34)C[C@]13C[C@@H]23. The van der Waals surface area contributed by atoms with Crippen LogP contribution in [0.4, 0.5) is 10.2 Å². The van der Waals surface area contributed by atoms with Gasteiger partial charge in [-0.15, -0.1) is 0 Å². The number of amides is 1. The zero-order valence-corrected chi connectivity index (χ0v) is 18.1. The van der Waals surface area contributed by atoms with Gasteiger partial charge in [-0.3, -0.25) is 9.78 Å². The van der Waals surface area contributed by atoms with Crippen molar-refractivity contribution in [3.63, 3.8) is 0 Å². The van der Waals surface area contributed by atoms with Gasteiger partial charge in [0.15, 0.2) is 5.82 Å². The van der Waals surface area contributed by atoms with Crippen LogP contribution in [0.15, 0.2) is 60.9 Å². The molecule has 0 aliphatic heterocycles. The molecule has 0 radical (unpaired) electrons. The number of ether oxygens (including phenoxy) is 1. The van der Waals surface area contributed by atoms with Gasteiger partial charge >= 0.3 is 0 Å². The van der Waals surface area contributed by atoms with Gasteiger partial charge in [-0.25, -0.2) is 8.91 Å². The van der Waals surface area contributed by atoms with E-state index < -0.39 is 0 Å². The topological polar surface area (TPSA) is 68.5 Å². The van der Waals surface area contributed by atoms with Crippen molar-refractivity contribution in [2.75, 3.05) is 5.32 Å². The highest BCUT2D eigenvalue weighted by molar-refractivity contribution is 5.92. The zero-order valence-electron chi connectivity index (χ0n) is 18.1. The molecule has 2 unspecified atom stereocenters. The Labute approximate surface area is 189 Å². The van der Waals surface area contributed by atoms with Gasteiger partial charge in [-0.2, -0.15) is 5.10 Å². The Bertz CT molecular complexity index is 1400. The highest BCUT2D eigenvalue weighted by Gasteiger charge is 2.82. The summed E-state index contributed by atoms with van der Waals surface area (Å²) in [7, 11) is 0. The van der Waals surface area contributed by atoms with Gasteiger partial charge in [0.05, 0.1) is 11.0 Å². The number of anilines is 1. The van der Waals surface area contributed by atoms with Crippen molar-refractivity contribution in [1.82, 2.24) is 14.6 Å². The van der Waals surface area contributed by atoms with Crippen molar-refractivity contribution >= 4 is 28.1 Å². The molecule has 4 fully saturated rings. The van der Waals surface area contributed by atoms with Crippen molar-refractivity contribution in [3.05, 3.63) is 66.7 Å². The maximum atomic E-state index is 13.9. The number of pyridine rings is 2. The first-order chi connectivity index (χ1) is 16.0. The van der Waals surface area contributed by atoms with Crippen LogP contribution in [0.2, 0.25) is 0 Å². The summed E-state index contributed by atoms with van der Waals surface area (Å²) in [6.07, 6.45) is 5.76. The molecule has 4 saturated carbocycles. The first kappa shape index (κ1) is 19.0. The smallest absolute Gasteiger partial charge is 0.228 e. The van der Waals surface area contributed by atoms with Crippen LogP contribution < -0.4 is 10.1 Å². The molecular formula is C26H23FN4O2. The fourth-order valence-electron chi connectivity index (χ4n) is 6.85. The van der Waals surface area contributed by atoms with E-state index in [1.54, 1.807) is 16.8 Å². The summed E-state index contributed by atoms with van der Waals surface area (Å²) in [5.41, 5.74) is 1.89. The number of hydrogen-bond acceptors (Lipinski definition) is 4. The van der Waals surface area contributed by atoms with Crippen LogP contribution in [0, 0.1) is 34.9 Å². The maximum Gasteiger partial charge on any atom is 0.228 e. The van der Waals surface area contributed by atoms with Gasteiger partial charge < -0.3 is 10.1 Å². The molecule has 3 heterocycles. The minimum Gasteiger partial charge on any atom is -0.489 e. The standard InChI is InChI=1S/C26H23FN4O2/c1-14(25(32)29-22-11-16-4-2-3-9-31(16)30-22)24-23-18-12-26(18,24)13-21(23)33-20-7-8-28-19-6-5-15(27)10-17(19)20/h2-11,14,18,21,23-24H,12-13H2,1H3,(H,29,30,32)/t14?,18-,21+,23?,24+,26-/m0/s1. The van der Waals surface area contributed by atoms with Gasteiger partial charge in [0.1, 0.15) is 17.7 Å². The molecule has 8 rings (SSSR count). The summed E-state index contributed by atoms with van der Waals surface area (Å²) in [4.78, 5) is 17.5. The zero-order chi connectivity index (χ0) is 22.3. The van der Waals surface area contributed by atoms with Gasteiger partial charge in [0.25, 0.3) is 0 Å². The number of benzene rings is 1. The summed E-state index contributed by atoms with van der Waals surface area (Å²) in [6, 6.07) is 14.1. The number of nitrogens with one attached hydrogen (secondary N) is 1. The van der Waals surface area contributed by atoms with Gasteiger partial charge in [0, 0.05) is 35.7 Å². The molecule has 4 aliphatic rings. The third-order valence-electron chi connectivity index (χ3n) is 8.25. The fourth-order valence-corrected chi connectivity index (χ4v) is 6.85. The monoisotopic (exact) mass is 442 g/mol. The fraction of sp³-hybridized carbons (Fsp3) is 0.346. The number of nitrogens with zero attached hydrogens (tertiary/aromatic N) is 3. The minimum atomic E-state index is -0.298. The summed E-state index contributed by atoms with van der Waals surface area (Å²) < 4.78 is 22.1. The molecule has 33 heavy (non-hydrogen) atoms. The quantitative estimate of drug-likeness (QED) is 0.487. The van der Waals surface area contributed by atoms with E-state index in [4.69, 9.17) is 4.74 Å². The largest absolute Gasteiger partial charge is 0.489 e. The average molecular weight is 442 g/mol. The second-order valence-electron chi connectivity index (χ2n) is 9.86. The molecule has 1 amide bonds. The third-order valence-corrected chi connectivity index (χ3v) is 8.25. The van der Waals surface area contributed by atoms with E-state index in [2.05, 4.69) is 15.4 Å². The van der Waals surface area contributed by atoms with Crippen LogP contribution in [-0.4, -0.2) is 26.6 Å². The lowest BCUT2D eigenvalue weighted by molar-refractivity contribution is -0.124. The molecule has 4 aliphatic carbocycles. The molecule has 2 bridgehead atoms.